The highest BCUT2D eigenvalue weighted by molar-refractivity contribution is 9.11. The van der Waals surface area contributed by atoms with Gasteiger partial charge in [-0.3, -0.25) is 16.3 Å². The Labute approximate surface area is 120 Å². The topological polar surface area (TPSA) is 50.9 Å². The quantitative estimate of drug-likeness (QED) is 0.634. The molecule has 0 spiro atoms. The van der Waals surface area contributed by atoms with E-state index >= 15 is 0 Å². The van der Waals surface area contributed by atoms with Crippen LogP contribution in [0, 0.1) is 0 Å². The van der Waals surface area contributed by atoms with Crippen LogP contribution in [0.4, 0.5) is 0 Å². The Morgan fingerprint density at radius 1 is 1.33 bits per heavy atom. The van der Waals surface area contributed by atoms with E-state index in [1.165, 1.54) is 4.88 Å². The summed E-state index contributed by atoms with van der Waals surface area (Å²) in [5.74, 6) is 5.61. The number of nitrogens with two attached hydrogens (primary N) is 1. The number of aryl methyl sites for hydroxylation is 1. The summed E-state index contributed by atoms with van der Waals surface area (Å²) >= 11 is 5.24. The maximum Gasteiger partial charge on any atom is 0.0701 e. The zero-order chi connectivity index (χ0) is 12.8. The average molecular weight is 326 g/mol. The maximum absolute atomic E-state index is 5.61. The Morgan fingerprint density at radius 3 is 2.83 bits per heavy atom. The first-order valence-electron chi connectivity index (χ1n) is 5.88. The van der Waals surface area contributed by atoms with E-state index in [0.29, 0.717) is 0 Å². The highest BCUT2D eigenvalue weighted by Crippen LogP contribution is 2.23. The third-order valence-corrected chi connectivity index (χ3v) is 4.43. The Balaban J connectivity index is 1.86. The summed E-state index contributed by atoms with van der Waals surface area (Å²) in [4.78, 5) is 5.66. The number of rotatable bonds is 6. The molecule has 18 heavy (non-hydrogen) atoms. The van der Waals surface area contributed by atoms with Crippen molar-refractivity contribution >= 4 is 27.3 Å². The Kier molecular flexibility index (Phi) is 5.31. The largest absolute Gasteiger partial charge is 0.271 e. The van der Waals surface area contributed by atoms with Gasteiger partial charge < -0.3 is 0 Å². The molecule has 0 aliphatic carbocycles. The van der Waals surface area contributed by atoms with Crippen LogP contribution in [0.25, 0.3) is 0 Å². The SMILES string of the molecule is NNC(CCc1ccccn1)Cc1ccc(Br)s1. The van der Waals surface area contributed by atoms with E-state index < -0.39 is 0 Å². The number of pyridine rings is 1. The van der Waals surface area contributed by atoms with Gasteiger partial charge in [0, 0.05) is 22.8 Å². The number of hydrazine groups is 1. The van der Waals surface area contributed by atoms with Crippen molar-refractivity contribution < 1.29 is 0 Å². The molecule has 2 rings (SSSR count). The van der Waals surface area contributed by atoms with E-state index in [2.05, 4.69) is 44.5 Å². The molecular weight excluding hydrogens is 310 g/mol. The highest BCUT2D eigenvalue weighted by atomic mass is 79.9. The Bertz CT molecular complexity index is 472. The van der Waals surface area contributed by atoms with Gasteiger partial charge in [0.25, 0.3) is 0 Å². The van der Waals surface area contributed by atoms with Gasteiger partial charge in [-0.1, -0.05) is 6.07 Å². The first-order valence-corrected chi connectivity index (χ1v) is 7.49. The fourth-order valence-corrected chi connectivity index (χ4v) is 3.38. The molecule has 0 amide bonds. The molecule has 96 valence electrons. The third kappa shape index (κ3) is 4.17. The zero-order valence-corrected chi connectivity index (χ0v) is 12.4. The lowest BCUT2D eigenvalue weighted by molar-refractivity contribution is 0.492. The van der Waals surface area contributed by atoms with E-state index in [1.807, 2.05) is 18.3 Å². The molecule has 0 saturated carbocycles. The van der Waals surface area contributed by atoms with Gasteiger partial charge in [-0.2, -0.15) is 0 Å². The predicted octanol–water partition coefficient (Wildman–Crippen LogP) is 2.91. The number of hydrogen-bond acceptors (Lipinski definition) is 4. The normalized spacial score (nSPS) is 12.6. The molecule has 0 saturated heterocycles. The van der Waals surface area contributed by atoms with Crippen molar-refractivity contribution in [1.29, 1.82) is 0 Å². The molecule has 2 aromatic rings. The molecule has 2 heterocycles. The Hall–Kier alpha value is -0.750. The van der Waals surface area contributed by atoms with Crippen molar-refractivity contribution in [3.05, 3.63) is 50.9 Å². The van der Waals surface area contributed by atoms with Crippen LogP contribution in [-0.2, 0) is 12.8 Å². The van der Waals surface area contributed by atoms with Crippen LogP contribution in [0.3, 0.4) is 0 Å². The monoisotopic (exact) mass is 325 g/mol. The van der Waals surface area contributed by atoms with Crippen LogP contribution in [0.15, 0.2) is 40.3 Å². The van der Waals surface area contributed by atoms with E-state index in [4.69, 9.17) is 5.84 Å². The van der Waals surface area contributed by atoms with Gasteiger partial charge in [0.1, 0.15) is 0 Å². The molecule has 0 aromatic carbocycles. The number of thiophene rings is 1. The van der Waals surface area contributed by atoms with Crippen LogP contribution < -0.4 is 11.3 Å². The molecule has 2 aromatic heterocycles. The number of halogens is 1. The van der Waals surface area contributed by atoms with E-state index in [1.54, 1.807) is 11.3 Å². The molecule has 5 heteroatoms. The first-order chi connectivity index (χ1) is 8.78. The molecule has 1 unspecified atom stereocenters. The average Bonchev–Trinajstić information content (AvgIpc) is 2.81. The summed E-state index contributed by atoms with van der Waals surface area (Å²) in [5.41, 5.74) is 4.01. The minimum absolute atomic E-state index is 0.289. The fourth-order valence-electron chi connectivity index (χ4n) is 1.82. The molecule has 3 N–H and O–H groups in total. The van der Waals surface area contributed by atoms with Crippen molar-refractivity contribution in [1.82, 2.24) is 10.4 Å². The first kappa shape index (κ1) is 13.7. The summed E-state index contributed by atoms with van der Waals surface area (Å²) in [5, 5.41) is 0. The smallest absolute Gasteiger partial charge is 0.0701 e. The fraction of sp³-hybridized carbons (Fsp3) is 0.308. The summed E-state index contributed by atoms with van der Waals surface area (Å²) in [6, 6.07) is 10.5. The second kappa shape index (κ2) is 6.99. The number of nitrogens with zero attached hydrogens (tertiary/aromatic N) is 1. The van der Waals surface area contributed by atoms with Crippen molar-refractivity contribution in [3.8, 4) is 0 Å². The molecule has 3 nitrogen and oxygen atoms in total. The zero-order valence-electron chi connectivity index (χ0n) is 9.97. The van der Waals surface area contributed by atoms with Gasteiger partial charge >= 0.3 is 0 Å². The minimum atomic E-state index is 0.289. The van der Waals surface area contributed by atoms with Gasteiger partial charge in [-0.05, 0) is 59.5 Å². The standard InChI is InChI=1S/C13H16BrN3S/c14-13-7-6-12(18-13)9-11(17-15)5-4-10-3-1-2-8-16-10/h1-3,6-8,11,17H,4-5,9,15H2. The second-order valence-electron chi connectivity index (χ2n) is 4.13. The highest BCUT2D eigenvalue weighted by Gasteiger charge is 2.10. The van der Waals surface area contributed by atoms with Gasteiger partial charge in [0.15, 0.2) is 0 Å². The molecule has 0 radical (unpaired) electrons. The van der Waals surface area contributed by atoms with Gasteiger partial charge in [0.2, 0.25) is 0 Å². The Morgan fingerprint density at radius 2 is 2.22 bits per heavy atom. The van der Waals surface area contributed by atoms with Gasteiger partial charge in [-0.25, -0.2) is 0 Å². The van der Waals surface area contributed by atoms with Gasteiger partial charge in [0.05, 0.1) is 3.79 Å². The van der Waals surface area contributed by atoms with Crippen LogP contribution in [0.5, 0.6) is 0 Å². The number of nitrogens with one attached hydrogen (secondary N) is 1. The van der Waals surface area contributed by atoms with Crippen LogP contribution in [0.2, 0.25) is 0 Å². The molecular formula is C13H16BrN3S. The predicted molar refractivity (Wildman–Crippen MR) is 79.4 cm³/mol. The van der Waals surface area contributed by atoms with Crippen molar-refractivity contribution in [2.45, 2.75) is 25.3 Å². The van der Waals surface area contributed by atoms with Crippen molar-refractivity contribution in [2.24, 2.45) is 5.84 Å². The molecule has 0 fully saturated rings. The van der Waals surface area contributed by atoms with Crippen molar-refractivity contribution in [2.75, 3.05) is 0 Å². The summed E-state index contributed by atoms with van der Waals surface area (Å²) in [6.07, 6.45) is 4.72. The summed E-state index contributed by atoms with van der Waals surface area (Å²) < 4.78 is 1.16. The van der Waals surface area contributed by atoms with E-state index in [9.17, 15) is 0 Å². The third-order valence-electron chi connectivity index (χ3n) is 2.79. The van der Waals surface area contributed by atoms with E-state index in [0.717, 1.165) is 28.7 Å². The molecule has 0 aliphatic heterocycles. The molecule has 0 bridgehead atoms. The minimum Gasteiger partial charge on any atom is -0.271 e. The molecule has 0 aliphatic rings. The van der Waals surface area contributed by atoms with E-state index in [-0.39, 0.29) is 6.04 Å². The number of aromatic nitrogens is 1. The summed E-state index contributed by atoms with van der Waals surface area (Å²) in [6.45, 7) is 0. The second-order valence-corrected chi connectivity index (χ2v) is 6.68. The van der Waals surface area contributed by atoms with Crippen molar-refractivity contribution in [3.63, 3.8) is 0 Å². The lowest BCUT2D eigenvalue weighted by Crippen LogP contribution is -2.37. The summed E-state index contributed by atoms with van der Waals surface area (Å²) in [7, 11) is 0. The van der Waals surface area contributed by atoms with Crippen LogP contribution in [0.1, 0.15) is 17.0 Å². The maximum atomic E-state index is 5.61. The lowest BCUT2D eigenvalue weighted by atomic mass is 10.1. The number of hydrogen-bond donors (Lipinski definition) is 2. The van der Waals surface area contributed by atoms with Crippen LogP contribution in [-0.4, -0.2) is 11.0 Å². The lowest BCUT2D eigenvalue weighted by Gasteiger charge is -2.14. The molecule has 1 atom stereocenters. The van der Waals surface area contributed by atoms with Gasteiger partial charge in [-0.15, -0.1) is 11.3 Å². The van der Waals surface area contributed by atoms with Crippen LogP contribution >= 0.6 is 27.3 Å².